The predicted octanol–water partition coefficient (Wildman–Crippen LogP) is 1.91. The second-order valence-corrected chi connectivity index (χ2v) is 4.23. The van der Waals surface area contributed by atoms with E-state index in [9.17, 15) is 13.6 Å². The van der Waals surface area contributed by atoms with Crippen LogP contribution in [0.2, 0.25) is 0 Å². The van der Waals surface area contributed by atoms with Gasteiger partial charge in [0.1, 0.15) is 16.7 Å². The molecule has 16 heavy (non-hydrogen) atoms. The molecule has 0 saturated carbocycles. The van der Waals surface area contributed by atoms with E-state index in [1.54, 1.807) is 0 Å². The molecule has 0 spiro atoms. The maximum atomic E-state index is 13.3. The molecule has 1 aliphatic heterocycles. The zero-order valence-electron chi connectivity index (χ0n) is 7.98. The highest BCUT2D eigenvalue weighted by Gasteiger charge is 2.26. The summed E-state index contributed by atoms with van der Waals surface area (Å²) < 4.78 is 26.0. The normalized spacial score (nSPS) is 19.6. The van der Waals surface area contributed by atoms with E-state index in [-0.39, 0.29) is 11.3 Å². The van der Waals surface area contributed by atoms with Crippen molar-refractivity contribution in [3.63, 3.8) is 0 Å². The minimum absolute atomic E-state index is 0.148. The Morgan fingerprint density at radius 1 is 1.50 bits per heavy atom. The van der Waals surface area contributed by atoms with Gasteiger partial charge >= 0.3 is 5.97 Å². The number of carbonyl (C=O) groups is 1. The minimum atomic E-state index is -1.04. The Labute approximate surface area is 94.2 Å². The molecule has 1 aromatic carbocycles. The molecule has 1 aromatic rings. The summed E-state index contributed by atoms with van der Waals surface area (Å²) >= 11 is 1.16. The summed E-state index contributed by atoms with van der Waals surface area (Å²) in [7, 11) is 0. The maximum Gasteiger partial charge on any atom is 0.329 e. The Hall–Kier alpha value is -1.43. The average Bonchev–Trinajstić information content (AvgIpc) is 2.66. The van der Waals surface area contributed by atoms with Crippen LogP contribution in [0.15, 0.2) is 23.2 Å². The molecular weight excluding hydrogens is 236 g/mol. The predicted molar refractivity (Wildman–Crippen MR) is 56.8 cm³/mol. The number of thioether (sulfide) groups is 1. The molecule has 3 nitrogen and oxygen atoms in total. The number of rotatable bonds is 2. The summed E-state index contributed by atoms with van der Waals surface area (Å²) in [4.78, 5) is 14.5. The van der Waals surface area contributed by atoms with Gasteiger partial charge in [-0.05, 0) is 12.1 Å². The van der Waals surface area contributed by atoms with Gasteiger partial charge in [-0.25, -0.2) is 13.6 Å². The smallest absolute Gasteiger partial charge is 0.329 e. The van der Waals surface area contributed by atoms with Crippen LogP contribution in [-0.4, -0.2) is 27.9 Å². The number of benzene rings is 1. The summed E-state index contributed by atoms with van der Waals surface area (Å²) in [5.74, 6) is -2.15. The van der Waals surface area contributed by atoms with E-state index in [2.05, 4.69) is 4.99 Å². The summed E-state index contributed by atoms with van der Waals surface area (Å²) in [5.41, 5.74) is 0.148. The molecular formula is C10H7F2NO2S. The molecule has 1 aliphatic rings. The van der Waals surface area contributed by atoms with Crippen molar-refractivity contribution in [3.8, 4) is 0 Å². The lowest BCUT2D eigenvalue weighted by atomic mass is 10.2. The molecule has 1 unspecified atom stereocenters. The van der Waals surface area contributed by atoms with Gasteiger partial charge in [-0.2, -0.15) is 0 Å². The van der Waals surface area contributed by atoms with Gasteiger partial charge in [0.05, 0.1) is 0 Å². The van der Waals surface area contributed by atoms with E-state index in [4.69, 9.17) is 5.11 Å². The quantitative estimate of drug-likeness (QED) is 0.863. The average molecular weight is 243 g/mol. The van der Waals surface area contributed by atoms with Crippen molar-refractivity contribution in [2.24, 2.45) is 4.99 Å². The van der Waals surface area contributed by atoms with E-state index >= 15 is 0 Å². The monoisotopic (exact) mass is 243 g/mol. The summed E-state index contributed by atoms with van der Waals surface area (Å²) in [6.45, 7) is 0. The van der Waals surface area contributed by atoms with E-state index in [0.29, 0.717) is 5.04 Å². The molecule has 0 radical (unpaired) electrons. The van der Waals surface area contributed by atoms with Gasteiger partial charge in [0.25, 0.3) is 0 Å². The Bertz CT molecular complexity index is 476. The van der Waals surface area contributed by atoms with Crippen LogP contribution >= 0.6 is 11.8 Å². The molecule has 0 aromatic heterocycles. The molecule has 0 fully saturated rings. The lowest BCUT2D eigenvalue weighted by Gasteiger charge is -2.00. The maximum absolute atomic E-state index is 13.3. The highest BCUT2D eigenvalue weighted by molar-refractivity contribution is 8.14. The van der Waals surface area contributed by atoms with Crippen LogP contribution in [0.1, 0.15) is 5.56 Å². The SMILES string of the molecule is O=C(O)C1CSC(c2ccc(F)cc2F)=N1. The van der Waals surface area contributed by atoms with E-state index in [1.807, 2.05) is 0 Å². The molecule has 1 heterocycles. The lowest BCUT2D eigenvalue weighted by molar-refractivity contribution is -0.137. The zero-order valence-corrected chi connectivity index (χ0v) is 8.80. The summed E-state index contributed by atoms with van der Waals surface area (Å²) in [5, 5.41) is 9.03. The van der Waals surface area contributed by atoms with Crippen molar-refractivity contribution in [2.75, 3.05) is 5.75 Å². The van der Waals surface area contributed by atoms with E-state index in [1.165, 1.54) is 6.07 Å². The van der Waals surface area contributed by atoms with Crippen molar-refractivity contribution in [3.05, 3.63) is 35.4 Å². The third-order valence-corrected chi connectivity index (χ3v) is 3.18. The molecule has 0 bridgehead atoms. The molecule has 1 N–H and O–H groups in total. The van der Waals surface area contributed by atoms with E-state index in [0.717, 1.165) is 23.9 Å². The van der Waals surface area contributed by atoms with Crippen LogP contribution in [-0.2, 0) is 4.79 Å². The van der Waals surface area contributed by atoms with Crippen LogP contribution in [0.25, 0.3) is 0 Å². The Morgan fingerprint density at radius 3 is 2.81 bits per heavy atom. The van der Waals surface area contributed by atoms with Crippen LogP contribution in [0, 0.1) is 11.6 Å². The van der Waals surface area contributed by atoms with Crippen molar-refractivity contribution in [1.82, 2.24) is 0 Å². The number of nitrogens with zero attached hydrogens (tertiary/aromatic N) is 1. The van der Waals surface area contributed by atoms with Gasteiger partial charge < -0.3 is 5.11 Å². The van der Waals surface area contributed by atoms with Gasteiger partial charge in [-0.3, -0.25) is 4.99 Å². The van der Waals surface area contributed by atoms with Crippen LogP contribution in [0.4, 0.5) is 8.78 Å². The number of hydrogen-bond acceptors (Lipinski definition) is 3. The summed E-state index contributed by atoms with van der Waals surface area (Å²) in [6.07, 6.45) is 0. The first kappa shape index (κ1) is 11.1. The number of aliphatic carboxylic acids is 1. The van der Waals surface area contributed by atoms with Crippen molar-refractivity contribution >= 4 is 22.8 Å². The second kappa shape index (κ2) is 4.21. The van der Waals surface area contributed by atoms with E-state index < -0.39 is 23.6 Å². The number of carboxylic acid groups (broad SMARTS) is 1. The first-order chi connectivity index (χ1) is 7.58. The van der Waals surface area contributed by atoms with Crippen molar-refractivity contribution in [2.45, 2.75) is 6.04 Å². The third kappa shape index (κ3) is 2.06. The standard InChI is InChI=1S/C10H7F2NO2S/c11-5-1-2-6(7(12)3-5)9-13-8(4-16-9)10(14)15/h1-3,8H,4H2,(H,14,15). The second-order valence-electron chi connectivity index (χ2n) is 3.22. The van der Waals surface area contributed by atoms with Gasteiger partial charge in [-0.1, -0.05) is 0 Å². The van der Waals surface area contributed by atoms with Crippen molar-refractivity contribution in [1.29, 1.82) is 0 Å². The molecule has 0 aliphatic carbocycles. The fraction of sp³-hybridized carbons (Fsp3) is 0.200. The van der Waals surface area contributed by atoms with Gasteiger partial charge in [-0.15, -0.1) is 11.8 Å². The largest absolute Gasteiger partial charge is 0.480 e. The number of carboxylic acids is 1. The Balaban J connectivity index is 2.32. The Morgan fingerprint density at radius 2 is 2.25 bits per heavy atom. The zero-order chi connectivity index (χ0) is 11.7. The van der Waals surface area contributed by atoms with Gasteiger partial charge in [0, 0.05) is 17.4 Å². The van der Waals surface area contributed by atoms with Crippen LogP contribution < -0.4 is 0 Å². The molecule has 6 heteroatoms. The van der Waals surface area contributed by atoms with Gasteiger partial charge in [0.15, 0.2) is 6.04 Å². The third-order valence-electron chi connectivity index (χ3n) is 2.10. The van der Waals surface area contributed by atoms with Crippen LogP contribution in [0.5, 0.6) is 0 Å². The lowest BCUT2D eigenvalue weighted by Crippen LogP contribution is -2.17. The van der Waals surface area contributed by atoms with Crippen molar-refractivity contribution < 1.29 is 18.7 Å². The summed E-state index contributed by atoms with van der Waals surface area (Å²) in [6, 6.07) is 2.30. The molecule has 0 saturated heterocycles. The first-order valence-electron chi connectivity index (χ1n) is 4.47. The highest BCUT2D eigenvalue weighted by atomic mass is 32.2. The molecule has 0 amide bonds. The first-order valence-corrected chi connectivity index (χ1v) is 5.45. The topological polar surface area (TPSA) is 49.7 Å². The number of halogens is 2. The molecule has 2 rings (SSSR count). The molecule has 1 atom stereocenters. The Kier molecular flexibility index (Phi) is 2.91. The number of hydrogen-bond donors (Lipinski definition) is 1. The van der Waals surface area contributed by atoms with Gasteiger partial charge in [0.2, 0.25) is 0 Å². The number of aliphatic imine (C=N–C) groups is 1. The van der Waals surface area contributed by atoms with Crippen LogP contribution in [0.3, 0.4) is 0 Å². The minimum Gasteiger partial charge on any atom is -0.480 e. The fourth-order valence-corrected chi connectivity index (χ4v) is 2.37. The fourth-order valence-electron chi connectivity index (χ4n) is 1.31. The molecule has 84 valence electrons. The highest BCUT2D eigenvalue weighted by Crippen LogP contribution is 2.25.